The van der Waals surface area contributed by atoms with Crippen LogP contribution < -0.4 is 10.2 Å². The molecule has 0 saturated carbocycles. The monoisotopic (exact) mass is 434 g/mol. The van der Waals surface area contributed by atoms with Crippen LogP contribution >= 0.6 is 0 Å². The predicted octanol–water partition coefficient (Wildman–Crippen LogP) is 4.02. The Labute approximate surface area is 188 Å². The third kappa shape index (κ3) is 3.55. The molecule has 1 aliphatic heterocycles. The Morgan fingerprint density at radius 1 is 1.12 bits per heavy atom. The number of hydrogen-bond acceptors (Lipinski definition) is 7. The van der Waals surface area contributed by atoms with Crippen molar-refractivity contribution >= 4 is 28.1 Å². The summed E-state index contributed by atoms with van der Waals surface area (Å²) in [5, 5.41) is 8.82. The average molecular weight is 435 g/mol. The van der Waals surface area contributed by atoms with Crippen LogP contribution in [0.5, 0.6) is 0 Å². The smallest absolute Gasteiger partial charge is 0.196 e. The summed E-state index contributed by atoms with van der Waals surface area (Å²) in [5.74, 6) is 0.715. The summed E-state index contributed by atoms with van der Waals surface area (Å²) in [4.78, 5) is 18.4. The highest BCUT2D eigenvalue weighted by Crippen LogP contribution is 2.45. The minimum absolute atomic E-state index is 0.0240. The summed E-state index contributed by atoms with van der Waals surface area (Å²) in [5.41, 5.74) is 4.83. The molecule has 0 amide bonds. The van der Waals surface area contributed by atoms with E-state index < -0.39 is 0 Å². The molecule has 2 heterocycles. The van der Waals surface area contributed by atoms with Gasteiger partial charge in [0, 0.05) is 62.8 Å². The molecule has 3 aromatic rings. The number of nitrogens with zero attached hydrogens (tertiary/aromatic N) is 3. The number of hydrogen-bond donors (Lipinski definition) is 1. The van der Waals surface area contributed by atoms with E-state index >= 15 is 0 Å². The number of rotatable bonds is 8. The first kappa shape index (κ1) is 21.0. The summed E-state index contributed by atoms with van der Waals surface area (Å²) in [6.07, 6.45) is 0.872. The van der Waals surface area contributed by atoms with Gasteiger partial charge in [-0.3, -0.25) is 4.79 Å². The van der Waals surface area contributed by atoms with Crippen molar-refractivity contribution in [3.63, 3.8) is 0 Å². The van der Waals surface area contributed by atoms with E-state index in [2.05, 4.69) is 33.3 Å². The standard InChI is InChI=1S/C25H30N4O3/c1-3-28-11-13-29(14-12-28)20-16-19(26-10-7-15-31-4-2)21-22-23(20)27-32-25(22)18-9-6-5-8-17(18)24(21)30/h5-6,8-9,16,26H,3-4,7,10-15H2,1-2H3. The molecular formula is C25H30N4O3. The molecule has 0 spiro atoms. The highest BCUT2D eigenvalue weighted by Gasteiger charge is 2.33. The number of nitrogens with one attached hydrogen (secondary N) is 1. The Morgan fingerprint density at radius 2 is 1.91 bits per heavy atom. The van der Waals surface area contributed by atoms with Gasteiger partial charge in [-0.2, -0.15) is 0 Å². The number of ether oxygens (including phenoxy) is 1. The summed E-state index contributed by atoms with van der Waals surface area (Å²) < 4.78 is 11.3. The molecule has 1 aliphatic carbocycles. The molecule has 5 rings (SSSR count). The van der Waals surface area contributed by atoms with Crippen molar-refractivity contribution in [2.24, 2.45) is 0 Å². The van der Waals surface area contributed by atoms with Crippen molar-refractivity contribution in [2.75, 3.05) is 62.7 Å². The first-order chi connectivity index (χ1) is 15.7. The van der Waals surface area contributed by atoms with Gasteiger partial charge in [-0.1, -0.05) is 36.3 Å². The normalized spacial score (nSPS) is 15.9. The number of fused-ring (bicyclic) bond motifs is 2. The number of anilines is 2. The fourth-order valence-electron chi connectivity index (χ4n) is 4.77. The van der Waals surface area contributed by atoms with Crippen LogP contribution in [0.25, 0.3) is 22.2 Å². The Morgan fingerprint density at radius 3 is 2.66 bits per heavy atom. The fraction of sp³-hybridized carbons (Fsp3) is 0.440. The second kappa shape index (κ2) is 8.92. The van der Waals surface area contributed by atoms with Crippen molar-refractivity contribution in [1.82, 2.24) is 10.1 Å². The van der Waals surface area contributed by atoms with E-state index in [1.54, 1.807) is 0 Å². The minimum atomic E-state index is 0.0240. The van der Waals surface area contributed by atoms with Crippen LogP contribution in [-0.4, -0.2) is 68.3 Å². The van der Waals surface area contributed by atoms with Crippen LogP contribution in [-0.2, 0) is 4.74 Å². The van der Waals surface area contributed by atoms with Crippen LogP contribution in [0, 0.1) is 0 Å². The fourth-order valence-corrected chi connectivity index (χ4v) is 4.77. The van der Waals surface area contributed by atoms with Crippen molar-refractivity contribution in [3.8, 4) is 11.3 Å². The van der Waals surface area contributed by atoms with E-state index in [0.717, 1.165) is 73.5 Å². The highest BCUT2D eigenvalue weighted by atomic mass is 16.5. The zero-order valence-corrected chi connectivity index (χ0v) is 18.8. The number of ketones is 1. The van der Waals surface area contributed by atoms with E-state index in [-0.39, 0.29) is 5.78 Å². The van der Waals surface area contributed by atoms with Gasteiger partial charge in [0.05, 0.1) is 16.6 Å². The maximum Gasteiger partial charge on any atom is 0.196 e. The van der Waals surface area contributed by atoms with Crippen LogP contribution in [0.4, 0.5) is 11.4 Å². The van der Waals surface area contributed by atoms with Crippen molar-refractivity contribution in [3.05, 3.63) is 41.5 Å². The number of carbonyl (C=O) groups is 1. The summed E-state index contributed by atoms with van der Waals surface area (Å²) in [6.45, 7) is 11.3. The molecule has 1 N–H and O–H groups in total. The van der Waals surface area contributed by atoms with Gasteiger partial charge >= 0.3 is 0 Å². The molecule has 0 bridgehead atoms. The van der Waals surface area contributed by atoms with Gasteiger partial charge in [0.25, 0.3) is 0 Å². The number of benzene rings is 2. The van der Waals surface area contributed by atoms with Crippen LogP contribution in [0.15, 0.2) is 34.9 Å². The lowest BCUT2D eigenvalue weighted by molar-refractivity contribution is 0.104. The predicted molar refractivity (Wildman–Crippen MR) is 127 cm³/mol. The molecule has 0 unspecified atom stereocenters. The van der Waals surface area contributed by atoms with Crippen LogP contribution in [0.2, 0.25) is 0 Å². The van der Waals surface area contributed by atoms with Crippen LogP contribution in [0.1, 0.15) is 36.2 Å². The van der Waals surface area contributed by atoms with E-state index in [0.29, 0.717) is 30.1 Å². The topological polar surface area (TPSA) is 70.8 Å². The third-order valence-corrected chi connectivity index (χ3v) is 6.52. The summed E-state index contributed by atoms with van der Waals surface area (Å²) in [7, 11) is 0. The average Bonchev–Trinajstić information content (AvgIpc) is 3.28. The zero-order chi connectivity index (χ0) is 22.1. The second-order valence-electron chi connectivity index (χ2n) is 8.33. The highest BCUT2D eigenvalue weighted by molar-refractivity contribution is 6.28. The Hall–Kier alpha value is -2.90. The molecule has 1 fully saturated rings. The lowest BCUT2D eigenvalue weighted by atomic mass is 9.86. The Kier molecular flexibility index (Phi) is 5.85. The van der Waals surface area contributed by atoms with Crippen molar-refractivity contribution < 1.29 is 14.1 Å². The molecular weight excluding hydrogens is 404 g/mol. The van der Waals surface area contributed by atoms with Crippen molar-refractivity contribution in [1.29, 1.82) is 0 Å². The Balaban J connectivity index is 1.59. The quantitative estimate of drug-likeness (QED) is 0.420. The van der Waals surface area contributed by atoms with E-state index in [9.17, 15) is 4.79 Å². The molecule has 0 radical (unpaired) electrons. The van der Waals surface area contributed by atoms with Gasteiger partial charge in [0.1, 0.15) is 5.52 Å². The SMILES string of the molecule is CCOCCCNc1cc(N2CCN(CC)CC2)c2noc3c2c1C(=O)c1ccccc1-3. The van der Waals surface area contributed by atoms with E-state index in [4.69, 9.17) is 9.26 Å². The molecule has 168 valence electrons. The Bertz CT molecular complexity index is 1130. The molecule has 2 aliphatic rings. The number of piperazine rings is 1. The van der Waals surface area contributed by atoms with E-state index in [1.807, 2.05) is 31.2 Å². The lowest BCUT2D eigenvalue weighted by Crippen LogP contribution is -2.46. The van der Waals surface area contributed by atoms with Gasteiger partial charge in [-0.25, -0.2) is 0 Å². The number of aromatic nitrogens is 1. The maximum absolute atomic E-state index is 13.6. The molecule has 32 heavy (non-hydrogen) atoms. The number of likely N-dealkylation sites (N-methyl/N-ethyl adjacent to an activating group) is 1. The zero-order valence-electron chi connectivity index (χ0n) is 18.8. The molecule has 0 atom stereocenters. The van der Waals surface area contributed by atoms with Gasteiger partial charge in [0.2, 0.25) is 0 Å². The van der Waals surface area contributed by atoms with Gasteiger partial charge in [-0.15, -0.1) is 0 Å². The largest absolute Gasteiger partial charge is 0.384 e. The molecule has 7 heteroatoms. The molecule has 1 aromatic heterocycles. The van der Waals surface area contributed by atoms with Gasteiger partial charge < -0.3 is 24.4 Å². The maximum atomic E-state index is 13.6. The van der Waals surface area contributed by atoms with Gasteiger partial charge in [0.15, 0.2) is 11.5 Å². The second-order valence-corrected chi connectivity index (χ2v) is 8.33. The molecule has 2 aromatic carbocycles. The first-order valence-electron chi connectivity index (χ1n) is 11.6. The molecule has 1 saturated heterocycles. The summed E-state index contributed by atoms with van der Waals surface area (Å²) in [6, 6.07) is 9.74. The van der Waals surface area contributed by atoms with Gasteiger partial charge in [-0.05, 0) is 26.0 Å². The lowest BCUT2D eigenvalue weighted by Gasteiger charge is -2.36. The number of carbonyl (C=O) groups excluding carboxylic acids is 1. The molecule has 7 nitrogen and oxygen atoms in total. The van der Waals surface area contributed by atoms with E-state index in [1.165, 1.54) is 0 Å². The third-order valence-electron chi connectivity index (χ3n) is 6.52. The van der Waals surface area contributed by atoms with Crippen LogP contribution in [0.3, 0.4) is 0 Å². The minimum Gasteiger partial charge on any atom is -0.384 e. The summed E-state index contributed by atoms with van der Waals surface area (Å²) >= 11 is 0. The van der Waals surface area contributed by atoms with Crippen molar-refractivity contribution in [2.45, 2.75) is 20.3 Å². The first-order valence-corrected chi connectivity index (χ1v) is 11.6.